The highest BCUT2D eigenvalue weighted by molar-refractivity contribution is 6.30. The molecule has 5 nitrogen and oxygen atoms in total. The van der Waals surface area contributed by atoms with Gasteiger partial charge >= 0.3 is 0 Å². The molecule has 1 saturated carbocycles. The van der Waals surface area contributed by atoms with Crippen LogP contribution in [0.4, 0.5) is 0 Å². The number of hydrogen-bond acceptors (Lipinski definition) is 3. The molecule has 1 aliphatic carbocycles. The Balaban J connectivity index is 1.72. The van der Waals surface area contributed by atoms with Crippen LogP contribution in [0.5, 0.6) is 0 Å². The number of morpholine rings is 1. The third kappa shape index (κ3) is 5.33. The van der Waals surface area contributed by atoms with E-state index in [0.29, 0.717) is 6.04 Å². The summed E-state index contributed by atoms with van der Waals surface area (Å²) in [4.78, 5) is 7.34. The van der Waals surface area contributed by atoms with Crippen LogP contribution < -0.4 is 10.6 Å². The Kier molecular flexibility index (Phi) is 6.57. The summed E-state index contributed by atoms with van der Waals surface area (Å²) in [7, 11) is 0. The van der Waals surface area contributed by atoms with Gasteiger partial charge < -0.3 is 15.4 Å². The summed E-state index contributed by atoms with van der Waals surface area (Å²) in [5.74, 6) is 1.67. The molecule has 1 saturated heterocycles. The maximum atomic E-state index is 6.07. The average Bonchev–Trinajstić information content (AvgIpc) is 3.32. The Morgan fingerprint density at radius 2 is 2.00 bits per heavy atom. The Bertz CT molecular complexity index is 571. The van der Waals surface area contributed by atoms with Crippen molar-refractivity contribution in [3.05, 3.63) is 34.9 Å². The molecular weight excluding hydrogens is 336 g/mol. The van der Waals surface area contributed by atoms with Crippen LogP contribution in [0.2, 0.25) is 5.02 Å². The summed E-state index contributed by atoms with van der Waals surface area (Å²) in [6, 6.07) is 8.96. The summed E-state index contributed by atoms with van der Waals surface area (Å²) >= 11 is 6.07. The van der Waals surface area contributed by atoms with Gasteiger partial charge in [-0.1, -0.05) is 30.7 Å². The molecule has 2 N–H and O–H groups in total. The van der Waals surface area contributed by atoms with E-state index in [-0.39, 0.29) is 6.04 Å². The average molecular weight is 365 g/mol. The minimum atomic E-state index is 0.244. The zero-order valence-corrected chi connectivity index (χ0v) is 15.9. The van der Waals surface area contributed by atoms with Gasteiger partial charge in [-0.25, -0.2) is 0 Å². The van der Waals surface area contributed by atoms with E-state index in [0.717, 1.165) is 56.3 Å². The molecule has 0 radical (unpaired) electrons. The van der Waals surface area contributed by atoms with Crippen molar-refractivity contribution in [2.75, 3.05) is 39.4 Å². The van der Waals surface area contributed by atoms with E-state index in [9.17, 15) is 0 Å². The lowest BCUT2D eigenvalue weighted by molar-refractivity contribution is 0.0179. The number of nitrogens with zero attached hydrogens (tertiary/aromatic N) is 2. The molecule has 2 fully saturated rings. The van der Waals surface area contributed by atoms with Gasteiger partial charge in [-0.3, -0.25) is 9.89 Å². The molecule has 3 atom stereocenters. The molecule has 138 valence electrons. The van der Waals surface area contributed by atoms with Crippen molar-refractivity contribution < 1.29 is 4.74 Å². The lowest BCUT2D eigenvalue weighted by Crippen LogP contribution is -2.42. The standard InChI is InChI=1S/C19H29ClN4O/c1-3-21-19(23-17-12-14(17)2)22-13-18(24-8-10-25-11-9-24)15-4-6-16(20)7-5-15/h4-7,14,17-18H,3,8-13H2,1-2H3,(H2,21,22,23). The van der Waals surface area contributed by atoms with Gasteiger partial charge in [-0.2, -0.15) is 0 Å². The van der Waals surface area contributed by atoms with Crippen molar-refractivity contribution in [2.24, 2.45) is 10.9 Å². The topological polar surface area (TPSA) is 48.9 Å². The van der Waals surface area contributed by atoms with E-state index >= 15 is 0 Å². The molecule has 1 heterocycles. The van der Waals surface area contributed by atoms with Crippen LogP contribution in [-0.2, 0) is 4.74 Å². The van der Waals surface area contributed by atoms with Crippen LogP contribution in [0, 0.1) is 5.92 Å². The lowest BCUT2D eigenvalue weighted by atomic mass is 10.0. The number of nitrogens with one attached hydrogen (secondary N) is 2. The molecular formula is C19H29ClN4O. The molecule has 6 heteroatoms. The third-order valence-electron chi connectivity index (χ3n) is 4.94. The first kappa shape index (κ1) is 18.5. The predicted molar refractivity (Wildman–Crippen MR) is 103 cm³/mol. The molecule has 1 aromatic rings. The van der Waals surface area contributed by atoms with E-state index in [1.165, 1.54) is 12.0 Å². The number of benzene rings is 1. The molecule has 3 rings (SSSR count). The van der Waals surface area contributed by atoms with E-state index in [1.807, 2.05) is 12.1 Å². The van der Waals surface area contributed by atoms with E-state index < -0.39 is 0 Å². The Hall–Kier alpha value is -1.30. The fourth-order valence-corrected chi connectivity index (χ4v) is 3.33. The molecule has 2 aliphatic rings. The normalized spacial score (nSPS) is 25.5. The van der Waals surface area contributed by atoms with Gasteiger partial charge in [0.25, 0.3) is 0 Å². The van der Waals surface area contributed by atoms with Crippen molar-refractivity contribution >= 4 is 17.6 Å². The smallest absolute Gasteiger partial charge is 0.191 e. The van der Waals surface area contributed by atoms with Gasteiger partial charge in [0.1, 0.15) is 0 Å². The molecule has 0 aromatic heterocycles. The van der Waals surface area contributed by atoms with Crippen LogP contribution in [0.25, 0.3) is 0 Å². The fourth-order valence-electron chi connectivity index (χ4n) is 3.20. The Labute approximate surface area is 155 Å². The number of halogens is 1. The first-order chi connectivity index (χ1) is 12.2. The highest BCUT2D eigenvalue weighted by Gasteiger charge is 2.33. The largest absolute Gasteiger partial charge is 0.379 e. The third-order valence-corrected chi connectivity index (χ3v) is 5.19. The number of ether oxygens (including phenoxy) is 1. The molecule has 1 aromatic carbocycles. The summed E-state index contributed by atoms with van der Waals surface area (Å²) in [5.41, 5.74) is 1.26. The number of aliphatic imine (C=N–C) groups is 1. The van der Waals surface area contributed by atoms with Crippen LogP contribution in [-0.4, -0.2) is 56.3 Å². The summed E-state index contributed by atoms with van der Waals surface area (Å²) in [6.45, 7) is 9.40. The van der Waals surface area contributed by atoms with Gasteiger partial charge in [0.2, 0.25) is 0 Å². The Morgan fingerprint density at radius 3 is 2.60 bits per heavy atom. The highest BCUT2D eigenvalue weighted by atomic mass is 35.5. The minimum Gasteiger partial charge on any atom is -0.379 e. The van der Waals surface area contributed by atoms with Crippen molar-refractivity contribution in [1.82, 2.24) is 15.5 Å². The SMILES string of the molecule is CCNC(=NCC(c1ccc(Cl)cc1)N1CCOCC1)NC1CC1C. The maximum absolute atomic E-state index is 6.07. The number of guanidine groups is 1. The quantitative estimate of drug-likeness (QED) is 0.602. The van der Waals surface area contributed by atoms with Gasteiger partial charge in [0.05, 0.1) is 25.8 Å². The molecule has 1 aliphatic heterocycles. The fraction of sp³-hybridized carbons (Fsp3) is 0.632. The lowest BCUT2D eigenvalue weighted by Gasteiger charge is -2.34. The second-order valence-electron chi connectivity index (χ2n) is 6.90. The molecule has 0 bridgehead atoms. The number of rotatable bonds is 6. The van der Waals surface area contributed by atoms with Gasteiger partial charge in [0, 0.05) is 30.7 Å². The van der Waals surface area contributed by atoms with E-state index in [2.05, 4.69) is 41.5 Å². The molecule has 25 heavy (non-hydrogen) atoms. The number of hydrogen-bond donors (Lipinski definition) is 2. The summed E-state index contributed by atoms with van der Waals surface area (Å²) < 4.78 is 5.52. The van der Waals surface area contributed by atoms with Crippen molar-refractivity contribution in [1.29, 1.82) is 0 Å². The van der Waals surface area contributed by atoms with Gasteiger partial charge in [-0.05, 0) is 37.0 Å². The maximum Gasteiger partial charge on any atom is 0.191 e. The van der Waals surface area contributed by atoms with Crippen LogP contribution in [0.1, 0.15) is 31.9 Å². The van der Waals surface area contributed by atoms with E-state index in [4.69, 9.17) is 21.3 Å². The van der Waals surface area contributed by atoms with Crippen LogP contribution >= 0.6 is 11.6 Å². The molecule has 0 spiro atoms. The predicted octanol–water partition coefficient (Wildman–Crippen LogP) is 2.68. The van der Waals surface area contributed by atoms with E-state index in [1.54, 1.807) is 0 Å². The second kappa shape index (κ2) is 8.88. The first-order valence-electron chi connectivity index (χ1n) is 9.29. The van der Waals surface area contributed by atoms with Crippen molar-refractivity contribution in [3.63, 3.8) is 0 Å². The molecule has 3 unspecified atom stereocenters. The monoisotopic (exact) mass is 364 g/mol. The first-order valence-corrected chi connectivity index (χ1v) is 9.67. The summed E-state index contributed by atoms with van der Waals surface area (Å²) in [6.07, 6.45) is 1.23. The van der Waals surface area contributed by atoms with Crippen LogP contribution in [0.15, 0.2) is 29.3 Å². The molecule has 0 amide bonds. The van der Waals surface area contributed by atoms with Crippen molar-refractivity contribution in [2.45, 2.75) is 32.4 Å². The van der Waals surface area contributed by atoms with Gasteiger partial charge in [0.15, 0.2) is 5.96 Å². The zero-order valence-electron chi connectivity index (χ0n) is 15.2. The Morgan fingerprint density at radius 1 is 1.32 bits per heavy atom. The zero-order chi connectivity index (χ0) is 17.6. The minimum absolute atomic E-state index is 0.244. The summed E-state index contributed by atoms with van der Waals surface area (Å²) in [5, 5.41) is 7.67. The van der Waals surface area contributed by atoms with Gasteiger partial charge in [-0.15, -0.1) is 0 Å². The van der Waals surface area contributed by atoms with Crippen molar-refractivity contribution in [3.8, 4) is 0 Å². The highest BCUT2D eigenvalue weighted by Crippen LogP contribution is 2.29. The second-order valence-corrected chi connectivity index (χ2v) is 7.34. The van der Waals surface area contributed by atoms with Crippen LogP contribution in [0.3, 0.4) is 0 Å².